The molecule has 1 saturated heterocycles. The topological polar surface area (TPSA) is 32.3 Å². The number of halogens is 1. The summed E-state index contributed by atoms with van der Waals surface area (Å²) in [5, 5.41) is 13.8. The monoisotopic (exact) mass is 297 g/mol. The summed E-state index contributed by atoms with van der Waals surface area (Å²) in [6.45, 7) is 2.22. The molecule has 0 amide bonds. The van der Waals surface area contributed by atoms with Gasteiger partial charge < -0.3 is 10.4 Å². The fourth-order valence-corrected chi connectivity index (χ4v) is 2.78. The van der Waals surface area contributed by atoms with Gasteiger partial charge in [0.05, 0.1) is 6.10 Å². The normalized spacial score (nSPS) is 26.8. The maximum Gasteiger partial charge on any atom is 0.0804 e. The highest BCUT2D eigenvalue weighted by Crippen LogP contribution is 2.24. The molecule has 2 rings (SSSR count). The third kappa shape index (κ3) is 3.80. The molecule has 1 aliphatic rings. The average molecular weight is 298 g/mol. The molecular weight excluding hydrogens is 278 g/mol. The predicted molar refractivity (Wildman–Crippen MR) is 74.0 cm³/mol. The van der Waals surface area contributed by atoms with Gasteiger partial charge in [0, 0.05) is 16.6 Å². The molecule has 0 saturated carbocycles. The lowest BCUT2D eigenvalue weighted by Crippen LogP contribution is -2.41. The first-order valence-electron chi connectivity index (χ1n) is 6.34. The van der Waals surface area contributed by atoms with Crippen molar-refractivity contribution in [3.63, 3.8) is 0 Å². The van der Waals surface area contributed by atoms with Gasteiger partial charge in [-0.2, -0.15) is 0 Å². The Labute approximate surface area is 112 Å². The van der Waals surface area contributed by atoms with Gasteiger partial charge in [0.2, 0.25) is 0 Å². The highest BCUT2D eigenvalue weighted by Gasteiger charge is 2.21. The number of hydrogen-bond donors (Lipinski definition) is 2. The molecule has 17 heavy (non-hydrogen) atoms. The molecule has 3 atom stereocenters. The van der Waals surface area contributed by atoms with E-state index >= 15 is 0 Å². The number of aliphatic hydroxyl groups is 1. The van der Waals surface area contributed by atoms with Crippen LogP contribution in [0.4, 0.5) is 0 Å². The van der Waals surface area contributed by atoms with E-state index in [2.05, 4.69) is 28.2 Å². The summed E-state index contributed by atoms with van der Waals surface area (Å²) >= 11 is 3.41. The minimum Gasteiger partial charge on any atom is -0.388 e. The molecule has 0 bridgehead atoms. The lowest BCUT2D eigenvalue weighted by atomic mass is 9.93. The average Bonchev–Trinajstić information content (AvgIpc) is 2.29. The van der Waals surface area contributed by atoms with Crippen molar-refractivity contribution in [3.05, 3.63) is 34.3 Å². The van der Waals surface area contributed by atoms with E-state index in [0.717, 1.165) is 16.5 Å². The summed E-state index contributed by atoms with van der Waals surface area (Å²) in [4.78, 5) is 0. The Balaban J connectivity index is 1.91. The first-order valence-corrected chi connectivity index (χ1v) is 7.14. The smallest absolute Gasteiger partial charge is 0.0804 e. The second-order valence-corrected chi connectivity index (χ2v) is 5.91. The summed E-state index contributed by atoms with van der Waals surface area (Å²) < 4.78 is 1.05. The molecule has 0 spiro atoms. The van der Waals surface area contributed by atoms with Gasteiger partial charge in [-0.15, -0.1) is 0 Å². The molecule has 1 aromatic carbocycles. The van der Waals surface area contributed by atoms with E-state index in [1.807, 2.05) is 24.3 Å². The Morgan fingerprint density at radius 1 is 1.35 bits per heavy atom. The number of aliphatic hydroxyl groups excluding tert-OH is 1. The summed E-state index contributed by atoms with van der Waals surface area (Å²) in [7, 11) is 0. The molecule has 0 aliphatic carbocycles. The van der Waals surface area contributed by atoms with Crippen LogP contribution in [-0.2, 0) is 0 Å². The Morgan fingerprint density at radius 2 is 2.06 bits per heavy atom. The van der Waals surface area contributed by atoms with Crippen LogP contribution in [0.15, 0.2) is 28.7 Å². The first-order chi connectivity index (χ1) is 8.15. The quantitative estimate of drug-likeness (QED) is 0.896. The number of hydrogen-bond acceptors (Lipinski definition) is 2. The molecule has 3 heteroatoms. The summed E-state index contributed by atoms with van der Waals surface area (Å²) in [5.74, 6) is 0. The van der Waals surface area contributed by atoms with Crippen molar-refractivity contribution in [2.45, 2.75) is 50.8 Å². The predicted octanol–water partition coefficient (Wildman–Crippen LogP) is 3.40. The van der Waals surface area contributed by atoms with Crippen molar-refractivity contribution >= 4 is 15.9 Å². The largest absolute Gasteiger partial charge is 0.388 e. The molecule has 1 fully saturated rings. The van der Waals surface area contributed by atoms with Crippen LogP contribution in [0.5, 0.6) is 0 Å². The summed E-state index contributed by atoms with van der Waals surface area (Å²) in [6.07, 6.45) is 4.16. The second-order valence-electron chi connectivity index (χ2n) is 5.00. The van der Waals surface area contributed by atoms with Gasteiger partial charge in [-0.3, -0.25) is 0 Å². The first kappa shape index (κ1) is 13.1. The zero-order valence-electron chi connectivity index (χ0n) is 10.2. The molecule has 1 heterocycles. The Morgan fingerprint density at radius 3 is 2.71 bits per heavy atom. The van der Waals surface area contributed by atoms with E-state index in [1.54, 1.807) is 0 Å². The fourth-order valence-electron chi connectivity index (χ4n) is 2.52. The third-order valence-electron chi connectivity index (χ3n) is 3.47. The van der Waals surface area contributed by atoms with E-state index in [4.69, 9.17) is 0 Å². The number of benzene rings is 1. The van der Waals surface area contributed by atoms with Gasteiger partial charge >= 0.3 is 0 Å². The highest BCUT2D eigenvalue weighted by molar-refractivity contribution is 9.10. The van der Waals surface area contributed by atoms with E-state index in [0.29, 0.717) is 12.1 Å². The Bertz CT molecular complexity index is 352. The molecule has 1 aromatic rings. The van der Waals surface area contributed by atoms with Gasteiger partial charge in [0.1, 0.15) is 0 Å². The van der Waals surface area contributed by atoms with Crippen molar-refractivity contribution in [1.29, 1.82) is 0 Å². The molecule has 2 nitrogen and oxygen atoms in total. The van der Waals surface area contributed by atoms with Crippen LogP contribution in [0, 0.1) is 0 Å². The minimum absolute atomic E-state index is 0.356. The van der Waals surface area contributed by atoms with Gasteiger partial charge in [0.25, 0.3) is 0 Å². The van der Waals surface area contributed by atoms with E-state index in [1.165, 1.54) is 19.3 Å². The van der Waals surface area contributed by atoms with Crippen LogP contribution >= 0.6 is 15.9 Å². The van der Waals surface area contributed by atoms with Gasteiger partial charge in [-0.05, 0) is 43.9 Å². The van der Waals surface area contributed by atoms with E-state index in [-0.39, 0.29) is 6.10 Å². The Hall–Kier alpha value is -0.380. The molecule has 1 aliphatic heterocycles. The van der Waals surface area contributed by atoms with Crippen LogP contribution in [0.3, 0.4) is 0 Å². The maximum atomic E-state index is 10.2. The van der Waals surface area contributed by atoms with Crippen LogP contribution < -0.4 is 5.32 Å². The van der Waals surface area contributed by atoms with E-state index in [9.17, 15) is 5.11 Å². The molecular formula is C14H20BrNO. The molecule has 2 N–H and O–H groups in total. The van der Waals surface area contributed by atoms with Crippen LogP contribution in [0.1, 0.15) is 44.3 Å². The lowest BCUT2D eigenvalue weighted by molar-refractivity contribution is 0.139. The van der Waals surface area contributed by atoms with Gasteiger partial charge in [-0.25, -0.2) is 0 Å². The molecule has 0 radical (unpaired) electrons. The zero-order valence-corrected chi connectivity index (χ0v) is 11.8. The van der Waals surface area contributed by atoms with Crippen molar-refractivity contribution < 1.29 is 5.11 Å². The molecule has 3 unspecified atom stereocenters. The third-order valence-corrected chi connectivity index (χ3v) is 4.00. The summed E-state index contributed by atoms with van der Waals surface area (Å²) in [5.41, 5.74) is 1.01. The van der Waals surface area contributed by atoms with Gasteiger partial charge in [0.15, 0.2) is 0 Å². The second kappa shape index (κ2) is 5.98. The van der Waals surface area contributed by atoms with Crippen molar-refractivity contribution in [1.82, 2.24) is 5.32 Å². The van der Waals surface area contributed by atoms with Gasteiger partial charge in [-0.1, -0.05) is 34.5 Å². The number of piperidine rings is 1. The fraction of sp³-hybridized carbons (Fsp3) is 0.571. The molecule has 94 valence electrons. The number of nitrogens with one attached hydrogen (secondary N) is 1. The Kier molecular flexibility index (Phi) is 4.60. The SMILES string of the molecule is CC1CCCC(CC(O)c2ccc(Br)cc2)N1. The summed E-state index contributed by atoms with van der Waals surface area (Å²) in [6, 6.07) is 8.98. The minimum atomic E-state index is -0.356. The molecule has 0 aromatic heterocycles. The zero-order chi connectivity index (χ0) is 12.3. The van der Waals surface area contributed by atoms with E-state index < -0.39 is 0 Å². The van der Waals surface area contributed by atoms with Crippen molar-refractivity contribution in [3.8, 4) is 0 Å². The standard InChI is InChI=1S/C14H20BrNO/c1-10-3-2-4-13(16-10)9-14(17)11-5-7-12(15)8-6-11/h5-8,10,13-14,16-17H,2-4,9H2,1H3. The number of rotatable bonds is 3. The van der Waals surface area contributed by atoms with Crippen LogP contribution in [0.2, 0.25) is 0 Å². The van der Waals surface area contributed by atoms with Crippen molar-refractivity contribution in [2.24, 2.45) is 0 Å². The maximum absolute atomic E-state index is 10.2. The van der Waals surface area contributed by atoms with Crippen LogP contribution in [0.25, 0.3) is 0 Å². The highest BCUT2D eigenvalue weighted by atomic mass is 79.9. The lowest BCUT2D eigenvalue weighted by Gasteiger charge is -2.30. The van der Waals surface area contributed by atoms with Crippen molar-refractivity contribution in [2.75, 3.05) is 0 Å². The van der Waals surface area contributed by atoms with Crippen LogP contribution in [-0.4, -0.2) is 17.2 Å².